The van der Waals surface area contributed by atoms with Crippen LogP contribution >= 0.6 is 0 Å². The molecule has 0 unspecified atom stereocenters. The highest BCUT2D eigenvalue weighted by atomic mass is 16.5. The van der Waals surface area contributed by atoms with Crippen molar-refractivity contribution in [2.75, 3.05) is 33.4 Å². The minimum atomic E-state index is 0.602. The first-order chi connectivity index (χ1) is 13.2. The largest absolute Gasteiger partial charge is 0.379 e. The Balaban J connectivity index is 1.63. The van der Waals surface area contributed by atoms with E-state index < -0.39 is 0 Å². The number of hydrogen-bond donors (Lipinski definition) is 1. The lowest BCUT2D eigenvalue weighted by molar-refractivity contribution is 0.115. The monoisotopic (exact) mass is 369 g/mol. The summed E-state index contributed by atoms with van der Waals surface area (Å²) in [6, 6.07) is 10.3. The molecule has 0 bridgehead atoms. The van der Waals surface area contributed by atoms with Gasteiger partial charge >= 0.3 is 0 Å². The molecule has 0 spiro atoms. The number of nitrogens with zero attached hydrogens (tertiary/aromatic N) is 4. The number of guanidine groups is 1. The first-order valence-corrected chi connectivity index (χ1v) is 9.85. The summed E-state index contributed by atoms with van der Waals surface area (Å²) in [6.45, 7) is 8.00. The normalized spacial score (nSPS) is 14.4. The van der Waals surface area contributed by atoms with E-state index in [1.165, 1.54) is 12.8 Å². The maximum absolute atomic E-state index is 5.76. The standard InChI is InChI=1S/C21H31N5O/c1-4-22-21(25(3)13-14-27-16-18-9-10-18)23-15-19-7-5-6-8-20(19)26-12-11-17(2)24-26/h5-8,11-12,18H,4,9-10,13-16H2,1-3H3,(H,22,23). The predicted octanol–water partition coefficient (Wildman–Crippen LogP) is 3.00. The maximum atomic E-state index is 5.76. The summed E-state index contributed by atoms with van der Waals surface area (Å²) < 4.78 is 7.68. The minimum absolute atomic E-state index is 0.602. The third kappa shape index (κ3) is 5.82. The van der Waals surface area contributed by atoms with Gasteiger partial charge in [0, 0.05) is 32.9 Å². The molecule has 0 saturated heterocycles. The van der Waals surface area contributed by atoms with Crippen molar-refractivity contribution in [1.29, 1.82) is 0 Å². The molecule has 6 heteroatoms. The van der Waals surface area contributed by atoms with Crippen molar-refractivity contribution in [2.24, 2.45) is 10.9 Å². The fourth-order valence-electron chi connectivity index (χ4n) is 2.89. The molecule has 1 saturated carbocycles. The molecule has 3 rings (SSSR count). The summed E-state index contributed by atoms with van der Waals surface area (Å²) in [5.41, 5.74) is 3.22. The fraction of sp³-hybridized carbons (Fsp3) is 0.524. The molecule has 0 atom stereocenters. The van der Waals surface area contributed by atoms with Crippen molar-refractivity contribution >= 4 is 5.96 Å². The molecule has 1 aromatic heterocycles. The van der Waals surface area contributed by atoms with Crippen LogP contribution in [0.1, 0.15) is 31.0 Å². The third-order valence-electron chi connectivity index (χ3n) is 4.68. The van der Waals surface area contributed by atoms with E-state index in [4.69, 9.17) is 9.73 Å². The second-order valence-electron chi connectivity index (χ2n) is 7.14. The summed E-state index contributed by atoms with van der Waals surface area (Å²) in [6.07, 6.45) is 4.65. The predicted molar refractivity (Wildman–Crippen MR) is 109 cm³/mol. The fourth-order valence-corrected chi connectivity index (χ4v) is 2.89. The number of rotatable bonds is 9. The number of ether oxygens (including phenoxy) is 1. The van der Waals surface area contributed by atoms with Gasteiger partial charge in [0.05, 0.1) is 24.5 Å². The second-order valence-corrected chi connectivity index (χ2v) is 7.14. The van der Waals surface area contributed by atoms with E-state index >= 15 is 0 Å². The maximum Gasteiger partial charge on any atom is 0.194 e. The molecule has 0 aliphatic heterocycles. The van der Waals surface area contributed by atoms with Crippen LogP contribution in [-0.2, 0) is 11.3 Å². The summed E-state index contributed by atoms with van der Waals surface area (Å²) in [5.74, 6) is 1.71. The van der Waals surface area contributed by atoms with Crippen molar-refractivity contribution < 1.29 is 4.74 Å². The zero-order chi connectivity index (χ0) is 19.1. The molecule has 1 heterocycles. The van der Waals surface area contributed by atoms with Gasteiger partial charge in [0.1, 0.15) is 0 Å². The highest BCUT2D eigenvalue weighted by molar-refractivity contribution is 5.79. The van der Waals surface area contributed by atoms with E-state index in [0.29, 0.717) is 6.54 Å². The lowest BCUT2D eigenvalue weighted by Gasteiger charge is -2.22. The van der Waals surface area contributed by atoms with E-state index in [1.807, 2.05) is 36.0 Å². The minimum Gasteiger partial charge on any atom is -0.379 e. The molecule has 6 nitrogen and oxygen atoms in total. The van der Waals surface area contributed by atoms with Gasteiger partial charge in [-0.1, -0.05) is 18.2 Å². The Bertz CT molecular complexity index is 751. The Morgan fingerprint density at radius 3 is 2.85 bits per heavy atom. The average Bonchev–Trinajstić information content (AvgIpc) is 3.41. The Morgan fingerprint density at radius 1 is 1.33 bits per heavy atom. The quantitative estimate of drug-likeness (QED) is 0.419. The van der Waals surface area contributed by atoms with Crippen LogP contribution in [-0.4, -0.2) is 54.0 Å². The smallest absolute Gasteiger partial charge is 0.194 e. The zero-order valence-corrected chi connectivity index (χ0v) is 16.7. The van der Waals surface area contributed by atoms with Gasteiger partial charge in [0.25, 0.3) is 0 Å². The Hall–Kier alpha value is -2.34. The van der Waals surface area contributed by atoms with Crippen molar-refractivity contribution in [2.45, 2.75) is 33.2 Å². The van der Waals surface area contributed by atoms with E-state index in [9.17, 15) is 0 Å². The number of aromatic nitrogens is 2. The van der Waals surface area contributed by atoms with Gasteiger partial charge < -0.3 is 15.0 Å². The van der Waals surface area contributed by atoms with E-state index in [-0.39, 0.29) is 0 Å². The number of nitrogens with one attached hydrogen (secondary N) is 1. The summed E-state index contributed by atoms with van der Waals surface area (Å²) in [4.78, 5) is 6.97. The zero-order valence-electron chi connectivity index (χ0n) is 16.7. The second kappa shape index (κ2) is 9.55. The number of likely N-dealkylation sites (N-methyl/N-ethyl adjacent to an activating group) is 1. The Labute approximate surface area is 162 Å². The molecule has 1 aromatic carbocycles. The van der Waals surface area contributed by atoms with Crippen LogP contribution in [0.15, 0.2) is 41.5 Å². The molecular weight excluding hydrogens is 338 g/mol. The molecule has 1 fully saturated rings. The molecule has 0 radical (unpaired) electrons. The number of para-hydroxylation sites is 1. The number of benzene rings is 1. The van der Waals surface area contributed by atoms with Crippen LogP contribution in [0, 0.1) is 12.8 Å². The van der Waals surface area contributed by atoms with Crippen LogP contribution < -0.4 is 5.32 Å². The van der Waals surface area contributed by atoms with Gasteiger partial charge in [-0.05, 0) is 50.3 Å². The molecule has 1 aliphatic rings. The van der Waals surface area contributed by atoms with E-state index in [1.54, 1.807) is 0 Å². The molecule has 2 aromatic rings. The third-order valence-corrected chi connectivity index (χ3v) is 4.68. The highest BCUT2D eigenvalue weighted by Crippen LogP contribution is 2.28. The SMILES string of the molecule is CCNC(=NCc1ccccc1-n1ccc(C)n1)N(C)CCOCC1CC1. The van der Waals surface area contributed by atoms with Crippen molar-refractivity contribution in [3.63, 3.8) is 0 Å². The van der Waals surface area contributed by atoms with E-state index in [2.05, 4.69) is 41.4 Å². The molecule has 1 N–H and O–H groups in total. The van der Waals surface area contributed by atoms with Gasteiger partial charge in [-0.25, -0.2) is 9.67 Å². The van der Waals surface area contributed by atoms with Crippen LogP contribution in [0.2, 0.25) is 0 Å². The van der Waals surface area contributed by atoms with Gasteiger partial charge in [0.2, 0.25) is 0 Å². The molecular formula is C21H31N5O. The molecule has 0 amide bonds. The van der Waals surface area contributed by atoms with Crippen LogP contribution in [0.3, 0.4) is 0 Å². The molecule has 146 valence electrons. The van der Waals surface area contributed by atoms with E-state index in [0.717, 1.165) is 55.1 Å². The highest BCUT2D eigenvalue weighted by Gasteiger charge is 2.21. The van der Waals surface area contributed by atoms with Gasteiger partial charge in [0.15, 0.2) is 5.96 Å². The average molecular weight is 370 g/mol. The summed E-state index contributed by atoms with van der Waals surface area (Å²) in [5, 5.41) is 7.91. The Morgan fingerprint density at radius 2 is 2.15 bits per heavy atom. The summed E-state index contributed by atoms with van der Waals surface area (Å²) >= 11 is 0. The number of aliphatic imine (C=N–C) groups is 1. The summed E-state index contributed by atoms with van der Waals surface area (Å²) in [7, 11) is 2.06. The molecule has 1 aliphatic carbocycles. The van der Waals surface area contributed by atoms with Crippen molar-refractivity contribution in [3.05, 3.63) is 47.8 Å². The topological polar surface area (TPSA) is 54.7 Å². The van der Waals surface area contributed by atoms with Gasteiger partial charge in [-0.3, -0.25) is 0 Å². The van der Waals surface area contributed by atoms with Crippen LogP contribution in [0.4, 0.5) is 0 Å². The molecule has 27 heavy (non-hydrogen) atoms. The van der Waals surface area contributed by atoms with Crippen LogP contribution in [0.5, 0.6) is 0 Å². The van der Waals surface area contributed by atoms with Gasteiger partial charge in [-0.2, -0.15) is 5.10 Å². The van der Waals surface area contributed by atoms with Crippen LogP contribution in [0.25, 0.3) is 5.69 Å². The Kier molecular flexibility index (Phi) is 6.87. The number of hydrogen-bond acceptors (Lipinski definition) is 3. The van der Waals surface area contributed by atoms with Crippen molar-refractivity contribution in [3.8, 4) is 5.69 Å². The first kappa shape index (κ1) is 19.4. The number of aryl methyl sites for hydroxylation is 1. The van der Waals surface area contributed by atoms with Crippen molar-refractivity contribution in [1.82, 2.24) is 20.0 Å². The lowest BCUT2D eigenvalue weighted by Crippen LogP contribution is -2.40. The first-order valence-electron chi connectivity index (χ1n) is 9.85. The van der Waals surface area contributed by atoms with Gasteiger partial charge in [-0.15, -0.1) is 0 Å². The lowest BCUT2D eigenvalue weighted by atomic mass is 10.2.